The number of aromatic hydroxyl groups is 2. The number of phenolic OH excluding ortho intramolecular Hbond substituents is 2. The van der Waals surface area contributed by atoms with Crippen molar-refractivity contribution in [3.05, 3.63) is 70.5 Å². The predicted octanol–water partition coefficient (Wildman–Crippen LogP) is 1.17. The quantitative estimate of drug-likeness (QED) is 0.398. The van der Waals surface area contributed by atoms with Gasteiger partial charge in [-0.05, 0) is 35.4 Å². The van der Waals surface area contributed by atoms with Crippen LogP contribution in [0, 0.1) is 0 Å². The van der Waals surface area contributed by atoms with Crippen molar-refractivity contribution in [3.63, 3.8) is 0 Å². The molecule has 0 saturated heterocycles. The highest BCUT2D eigenvalue weighted by Gasteiger charge is 2.52. The molecule has 1 unspecified atom stereocenters. The van der Waals surface area contributed by atoms with Crippen molar-refractivity contribution in [2.45, 2.75) is 5.60 Å². The fraction of sp³-hybridized carbons (Fsp3) is 0.100. The number of carbonyl (C=O) groups excluding carboxylic acids is 2. The van der Waals surface area contributed by atoms with Gasteiger partial charge < -0.3 is 25.5 Å². The molecule has 0 amide bonds. The SMILES string of the molecule is O=C1C(=O)C2=C(C(O)=C1c1ccc(O)cc1)C(O)(CO)c1cc(O)ccc12. The number of benzene rings is 2. The average Bonchev–Trinajstić information content (AvgIpc) is 2.91. The van der Waals surface area contributed by atoms with Gasteiger partial charge in [-0.2, -0.15) is 0 Å². The maximum absolute atomic E-state index is 12.8. The summed E-state index contributed by atoms with van der Waals surface area (Å²) in [6, 6.07) is 9.08. The van der Waals surface area contributed by atoms with Crippen molar-refractivity contribution >= 4 is 22.7 Å². The van der Waals surface area contributed by atoms with E-state index in [4.69, 9.17) is 0 Å². The molecular formula is C20H14O7. The number of hydrogen-bond acceptors (Lipinski definition) is 7. The molecule has 0 saturated carbocycles. The van der Waals surface area contributed by atoms with Crippen LogP contribution in [0.5, 0.6) is 11.5 Å². The van der Waals surface area contributed by atoms with Crippen molar-refractivity contribution in [3.8, 4) is 11.5 Å². The van der Waals surface area contributed by atoms with Crippen LogP contribution in [-0.4, -0.2) is 43.7 Å². The number of carbonyl (C=O) groups is 2. The van der Waals surface area contributed by atoms with Gasteiger partial charge in [0.1, 0.15) is 22.9 Å². The predicted molar refractivity (Wildman–Crippen MR) is 93.7 cm³/mol. The number of rotatable bonds is 2. The van der Waals surface area contributed by atoms with Gasteiger partial charge in [0.05, 0.1) is 12.2 Å². The highest BCUT2D eigenvalue weighted by atomic mass is 16.3. The van der Waals surface area contributed by atoms with Crippen LogP contribution in [0.1, 0.15) is 16.7 Å². The molecule has 0 fully saturated rings. The number of phenols is 2. The Morgan fingerprint density at radius 3 is 2.04 bits per heavy atom. The molecular weight excluding hydrogens is 352 g/mol. The molecule has 2 aliphatic carbocycles. The van der Waals surface area contributed by atoms with Gasteiger partial charge in [-0.15, -0.1) is 0 Å². The second kappa shape index (κ2) is 5.54. The van der Waals surface area contributed by atoms with Crippen LogP contribution < -0.4 is 0 Å². The van der Waals surface area contributed by atoms with Crippen LogP contribution in [-0.2, 0) is 15.2 Å². The third kappa shape index (κ3) is 2.16. The van der Waals surface area contributed by atoms with E-state index in [1.54, 1.807) is 0 Å². The Labute approximate surface area is 152 Å². The van der Waals surface area contributed by atoms with E-state index in [1.807, 2.05) is 0 Å². The second-order valence-electron chi connectivity index (χ2n) is 6.43. The first-order valence-corrected chi connectivity index (χ1v) is 8.03. The lowest BCUT2D eigenvalue weighted by molar-refractivity contribution is -0.130. The Bertz CT molecular complexity index is 1080. The lowest BCUT2D eigenvalue weighted by Gasteiger charge is -2.27. The summed E-state index contributed by atoms with van der Waals surface area (Å²) >= 11 is 0. The summed E-state index contributed by atoms with van der Waals surface area (Å²) in [4.78, 5) is 25.5. The molecule has 0 radical (unpaired) electrons. The number of ketones is 2. The molecule has 0 aromatic heterocycles. The van der Waals surface area contributed by atoms with Crippen molar-refractivity contribution < 1.29 is 35.1 Å². The summed E-state index contributed by atoms with van der Waals surface area (Å²) in [7, 11) is 0. The van der Waals surface area contributed by atoms with E-state index in [0.29, 0.717) is 0 Å². The Hall–Kier alpha value is -3.42. The zero-order chi connectivity index (χ0) is 19.5. The maximum atomic E-state index is 12.8. The zero-order valence-electron chi connectivity index (χ0n) is 13.8. The van der Waals surface area contributed by atoms with E-state index < -0.39 is 29.5 Å². The van der Waals surface area contributed by atoms with Gasteiger partial charge in [0.25, 0.3) is 0 Å². The number of aliphatic hydroxyl groups excluding tert-OH is 2. The summed E-state index contributed by atoms with van der Waals surface area (Å²) in [5.41, 5.74) is -2.61. The standard InChI is InChI=1S/C20H14O7/c21-8-20(27)13-7-11(23)5-6-12(13)15-16(20)17(24)14(18(25)19(15)26)9-1-3-10(22)4-2-9/h1-7,21-24,27H,8H2. The number of fused-ring (bicyclic) bond motifs is 2. The number of Topliss-reactive ketones (excluding diaryl/α,β-unsaturated/α-hetero) is 2. The van der Waals surface area contributed by atoms with Crippen LogP contribution in [0.2, 0.25) is 0 Å². The second-order valence-corrected chi connectivity index (χ2v) is 6.43. The van der Waals surface area contributed by atoms with E-state index in [0.717, 1.165) is 0 Å². The monoisotopic (exact) mass is 366 g/mol. The number of allylic oxidation sites excluding steroid dienone is 2. The third-order valence-electron chi connectivity index (χ3n) is 4.90. The Morgan fingerprint density at radius 1 is 0.815 bits per heavy atom. The van der Waals surface area contributed by atoms with E-state index in [1.165, 1.54) is 42.5 Å². The molecule has 2 aliphatic rings. The molecule has 5 N–H and O–H groups in total. The molecule has 0 bridgehead atoms. The van der Waals surface area contributed by atoms with Crippen LogP contribution in [0.3, 0.4) is 0 Å². The lowest BCUT2D eigenvalue weighted by atomic mass is 9.81. The molecule has 136 valence electrons. The molecule has 2 aromatic carbocycles. The summed E-state index contributed by atoms with van der Waals surface area (Å²) in [5, 5.41) is 50.8. The van der Waals surface area contributed by atoms with E-state index in [-0.39, 0.29) is 44.9 Å². The van der Waals surface area contributed by atoms with Gasteiger partial charge in [-0.25, -0.2) is 0 Å². The summed E-state index contributed by atoms with van der Waals surface area (Å²) in [6.07, 6.45) is 0. The van der Waals surface area contributed by atoms with Gasteiger partial charge in [-0.1, -0.05) is 18.2 Å². The Morgan fingerprint density at radius 2 is 1.41 bits per heavy atom. The first-order valence-electron chi connectivity index (χ1n) is 8.03. The molecule has 27 heavy (non-hydrogen) atoms. The molecule has 4 rings (SSSR count). The fourth-order valence-corrected chi connectivity index (χ4v) is 3.64. The molecule has 7 nitrogen and oxygen atoms in total. The minimum atomic E-state index is -2.16. The fourth-order valence-electron chi connectivity index (χ4n) is 3.64. The number of hydrogen-bond donors (Lipinski definition) is 5. The highest BCUT2D eigenvalue weighted by molar-refractivity contribution is 6.67. The van der Waals surface area contributed by atoms with E-state index >= 15 is 0 Å². The van der Waals surface area contributed by atoms with Gasteiger partial charge >= 0.3 is 0 Å². The zero-order valence-corrected chi connectivity index (χ0v) is 13.8. The van der Waals surface area contributed by atoms with Gasteiger partial charge in [-0.3, -0.25) is 9.59 Å². The topological polar surface area (TPSA) is 135 Å². The lowest BCUT2D eigenvalue weighted by Crippen LogP contribution is -2.34. The van der Waals surface area contributed by atoms with Crippen molar-refractivity contribution in [1.29, 1.82) is 0 Å². The van der Waals surface area contributed by atoms with Crippen LogP contribution in [0.25, 0.3) is 11.1 Å². The van der Waals surface area contributed by atoms with Gasteiger partial charge in [0.2, 0.25) is 11.6 Å². The van der Waals surface area contributed by atoms with Gasteiger partial charge in [0.15, 0.2) is 0 Å². The Kier molecular flexibility index (Phi) is 3.49. The molecule has 0 spiro atoms. The maximum Gasteiger partial charge on any atom is 0.237 e. The first-order chi connectivity index (χ1) is 12.8. The van der Waals surface area contributed by atoms with Crippen LogP contribution >= 0.6 is 0 Å². The third-order valence-corrected chi connectivity index (χ3v) is 4.90. The molecule has 1 atom stereocenters. The molecule has 2 aromatic rings. The van der Waals surface area contributed by atoms with E-state index in [2.05, 4.69) is 0 Å². The first kappa shape index (κ1) is 17.0. The molecule has 0 aliphatic heterocycles. The number of aliphatic hydroxyl groups is 3. The molecule has 7 heteroatoms. The van der Waals surface area contributed by atoms with Crippen LogP contribution in [0.4, 0.5) is 0 Å². The van der Waals surface area contributed by atoms with E-state index in [9.17, 15) is 35.1 Å². The van der Waals surface area contributed by atoms with Crippen LogP contribution in [0.15, 0.2) is 53.8 Å². The summed E-state index contributed by atoms with van der Waals surface area (Å²) in [5.74, 6) is -2.82. The highest BCUT2D eigenvalue weighted by Crippen LogP contribution is 2.52. The minimum Gasteiger partial charge on any atom is -0.508 e. The minimum absolute atomic E-state index is 0.0228. The summed E-state index contributed by atoms with van der Waals surface area (Å²) in [6.45, 7) is -0.878. The normalized spacial score (nSPS) is 21.6. The van der Waals surface area contributed by atoms with Gasteiger partial charge in [0, 0.05) is 16.7 Å². The average molecular weight is 366 g/mol. The Balaban J connectivity index is 2.04. The van der Waals surface area contributed by atoms with Crippen molar-refractivity contribution in [2.75, 3.05) is 6.61 Å². The summed E-state index contributed by atoms with van der Waals surface area (Å²) < 4.78 is 0. The smallest absolute Gasteiger partial charge is 0.237 e. The molecule has 0 heterocycles. The van der Waals surface area contributed by atoms with Crippen molar-refractivity contribution in [1.82, 2.24) is 0 Å². The van der Waals surface area contributed by atoms with Crippen molar-refractivity contribution in [2.24, 2.45) is 0 Å². The largest absolute Gasteiger partial charge is 0.508 e.